The molecular weight excluding hydrogens is 513 g/mol. The van der Waals surface area contributed by atoms with E-state index in [0.717, 1.165) is 6.42 Å². The molecule has 36 heavy (non-hydrogen) atoms. The highest BCUT2D eigenvalue weighted by molar-refractivity contribution is 7.99. The number of nitro groups is 1. The Kier molecular flexibility index (Phi) is 6.91. The lowest BCUT2D eigenvalue weighted by molar-refractivity contribution is -0.384. The lowest BCUT2D eigenvalue weighted by Gasteiger charge is -2.30. The molecule has 2 aromatic heterocycles. The summed E-state index contributed by atoms with van der Waals surface area (Å²) in [5.74, 6) is -0.255. The molecule has 10 nitrogen and oxygen atoms in total. The Hall–Kier alpha value is -3.09. The minimum Gasteiger partial charge on any atom is -0.452 e. The number of esters is 1. The van der Waals surface area contributed by atoms with Crippen LogP contribution < -0.4 is 4.90 Å². The van der Waals surface area contributed by atoms with Crippen molar-refractivity contribution in [3.05, 3.63) is 56.6 Å². The number of aromatic nitrogens is 3. The molecule has 2 aliphatic rings. The molecule has 2 atom stereocenters. The van der Waals surface area contributed by atoms with E-state index in [9.17, 15) is 14.9 Å². The van der Waals surface area contributed by atoms with E-state index in [-0.39, 0.29) is 33.7 Å². The van der Waals surface area contributed by atoms with Crippen molar-refractivity contribution in [3.63, 3.8) is 0 Å². The first-order chi connectivity index (χ1) is 17.4. The topological polar surface area (TPSA) is 121 Å². The number of thioether (sulfide) groups is 1. The summed E-state index contributed by atoms with van der Waals surface area (Å²) in [5, 5.41) is 11.3. The second-order valence-electron chi connectivity index (χ2n) is 8.30. The maximum absolute atomic E-state index is 15.2. The van der Waals surface area contributed by atoms with Crippen LogP contribution in [-0.2, 0) is 9.47 Å². The van der Waals surface area contributed by atoms with Gasteiger partial charge < -0.3 is 14.4 Å². The van der Waals surface area contributed by atoms with Crippen LogP contribution in [0.25, 0.3) is 10.9 Å². The third-order valence-corrected chi connectivity index (χ3v) is 7.05. The summed E-state index contributed by atoms with van der Waals surface area (Å²) in [5.41, 5.74) is 0.276. The van der Waals surface area contributed by atoms with Gasteiger partial charge in [0.2, 0.25) is 0 Å². The van der Waals surface area contributed by atoms with E-state index < -0.39 is 22.8 Å². The Morgan fingerprint density at radius 3 is 2.83 bits per heavy atom. The maximum Gasteiger partial charge on any atom is 0.338 e. The van der Waals surface area contributed by atoms with Crippen LogP contribution in [-0.4, -0.2) is 57.4 Å². The molecule has 1 aromatic carbocycles. The van der Waals surface area contributed by atoms with Crippen molar-refractivity contribution >= 4 is 51.7 Å². The summed E-state index contributed by atoms with van der Waals surface area (Å²) in [6, 6.07) is 4.88. The van der Waals surface area contributed by atoms with E-state index in [4.69, 9.17) is 26.1 Å². The molecule has 0 radical (unpaired) electrons. The molecule has 0 bridgehead atoms. The van der Waals surface area contributed by atoms with Crippen LogP contribution in [0, 0.1) is 15.9 Å². The van der Waals surface area contributed by atoms with Crippen LogP contribution in [0.15, 0.2) is 29.4 Å². The van der Waals surface area contributed by atoms with Gasteiger partial charge in [0.15, 0.2) is 16.1 Å². The Morgan fingerprint density at radius 2 is 2.11 bits per heavy atom. The second-order valence-corrected chi connectivity index (χ2v) is 9.89. The van der Waals surface area contributed by atoms with E-state index in [1.165, 1.54) is 36.0 Å². The predicted octanol–water partition coefficient (Wildman–Crippen LogP) is 4.73. The van der Waals surface area contributed by atoms with Crippen LogP contribution >= 0.6 is 23.4 Å². The minimum absolute atomic E-state index is 0.0214. The molecule has 0 aliphatic carbocycles. The number of anilines is 1. The number of hydrogen-bond donors (Lipinski definition) is 0. The van der Waals surface area contributed by atoms with E-state index in [2.05, 4.69) is 14.9 Å². The van der Waals surface area contributed by atoms with Crippen molar-refractivity contribution in [2.24, 2.45) is 0 Å². The lowest BCUT2D eigenvalue weighted by Crippen LogP contribution is -2.38. The summed E-state index contributed by atoms with van der Waals surface area (Å²) in [6.45, 7) is 3.48. The fourth-order valence-electron chi connectivity index (χ4n) is 4.45. The van der Waals surface area contributed by atoms with Crippen molar-refractivity contribution < 1.29 is 23.6 Å². The van der Waals surface area contributed by atoms with Gasteiger partial charge in [-0.1, -0.05) is 30.3 Å². The van der Waals surface area contributed by atoms with E-state index in [1.54, 1.807) is 0 Å². The Balaban J connectivity index is 1.63. The minimum atomic E-state index is -0.906. The first-order valence-electron chi connectivity index (χ1n) is 11.4. The number of carbonyl (C=O) groups is 1. The standard InChI is InChI=1S/C23H21ClFN5O5S/c1-2-36-23-27-19-16-18(26-20(24)17(19)25)15(10-14-11-34-9-3-8-29(14)21(16)28-23)35-22(31)12-4-6-13(7-5-12)30(32)33/h4-7,14-15H,2-3,8-11H2,1H3/t14-,15+/m0/s1. The number of rotatable bonds is 5. The zero-order chi connectivity index (χ0) is 25.4. The van der Waals surface area contributed by atoms with Gasteiger partial charge in [-0.3, -0.25) is 10.1 Å². The highest BCUT2D eigenvalue weighted by Crippen LogP contribution is 2.42. The number of benzene rings is 1. The summed E-state index contributed by atoms with van der Waals surface area (Å²) in [6.07, 6.45) is 0.136. The molecule has 3 aromatic rings. The van der Waals surface area contributed by atoms with Gasteiger partial charge in [0.05, 0.1) is 34.2 Å². The molecule has 1 saturated heterocycles. The van der Waals surface area contributed by atoms with Crippen molar-refractivity contribution in [2.45, 2.75) is 37.1 Å². The normalized spacial score (nSPS) is 19.4. The average Bonchev–Trinajstić information content (AvgIpc) is 3.16. The molecule has 0 N–H and O–H groups in total. The average molecular weight is 534 g/mol. The number of pyridine rings is 1. The fourth-order valence-corrected chi connectivity index (χ4v) is 5.19. The number of hydrogen-bond acceptors (Lipinski definition) is 10. The third-order valence-electron chi connectivity index (χ3n) is 6.07. The lowest BCUT2D eigenvalue weighted by atomic mass is 10.1. The molecule has 1 fully saturated rings. The smallest absolute Gasteiger partial charge is 0.338 e. The maximum atomic E-state index is 15.2. The first-order valence-corrected chi connectivity index (χ1v) is 12.7. The monoisotopic (exact) mass is 533 g/mol. The highest BCUT2D eigenvalue weighted by Gasteiger charge is 2.38. The van der Waals surface area contributed by atoms with Crippen LogP contribution in [0.3, 0.4) is 0 Å². The molecule has 5 rings (SSSR count). The summed E-state index contributed by atoms with van der Waals surface area (Å²) in [4.78, 5) is 39.0. The van der Waals surface area contributed by atoms with Gasteiger partial charge in [-0.2, -0.15) is 0 Å². The Labute approximate surface area is 214 Å². The molecule has 2 aliphatic heterocycles. The van der Waals surface area contributed by atoms with Gasteiger partial charge in [-0.25, -0.2) is 24.1 Å². The molecular formula is C23H21ClFN5O5S. The number of fused-ring (bicyclic) bond motifs is 2. The van der Waals surface area contributed by atoms with Gasteiger partial charge in [-0.15, -0.1) is 0 Å². The number of non-ortho nitro benzene ring substituents is 1. The number of ether oxygens (including phenoxy) is 2. The summed E-state index contributed by atoms with van der Waals surface area (Å²) < 4.78 is 26.9. The van der Waals surface area contributed by atoms with Crippen LogP contribution in [0.5, 0.6) is 0 Å². The molecule has 13 heteroatoms. The second kappa shape index (κ2) is 10.1. The van der Waals surface area contributed by atoms with Crippen molar-refractivity contribution in [1.29, 1.82) is 0 Å². The van der Waals surface area contributed by atoms with Crippen LogP contribution in [0.1, 0.15) is 41.9 Å². The van der Waals surface area contributed by atoms with Crippen molar-refractivity contribution in [1.82, 2.24) is 15.0 Å². The van der Waals surface area contributed by atoms with Crippen molar-refractivity contribution in [2.75, 3.05) is 30.4 Å². The summed E-state index contributed by atoms with van der Waals surface area (Å²) in [7, 11) is 0. The van der Waals surface area contributed by atoms with Gasteiger partial charge >= 0.3 is 5.97 Å². The van der Waals surface area contributed by atoms with Crippen LogP contribution in [0.4, 0.5) is 15.9 Å². The van der Waals surface area contributed by atoms with Crippen molar-refractivity contribution in [3.8, 4) is 0 Å². The highest BCUT2D eigenvalue weighted by atomic mass is 35.5. The van der Waals surface area contributed by atoms with E-state index in [0.29, 0.717) is 48.3 Å². The number of carbonyl (C=O) groups excluding carboxylic acids is 1. The Bertz CT molecular complexity index is 1340. The number of nitrogens with zero attached hydrogens (tertiary/aromatic N) is 5. The quantitative estimate of drug-likeness (QED) is 0.113. The third kappa shape index (κ3) is 4.56. The van der Waals surface area contributed by atoms with E-state index in [1.807, 2.05) is 6.92 Å². The molecule has 0 saturated carbocycles. The van der Waals surface area contributed by atoms with E-state index >= 15 is 4.39 Å². The SMILES string of the molecule is CCSc1nc2c3c(nc(Cl)c(F)c3n1)[C@H](OC(=O)c1ccc([N+](=O)[O-])cc1)C[C@H]1COCCCN21. The summed E-state index contributed by atoms with van der Waals surface area (Å²) >= 11 is 7.56. The van der Waals surface area contributed by atoms with Gasteiger partial charge in [0.25, 0.3) is 5.69 Å². The molecule has 0 amide bonds. The van der Waals surface area contributed by atoms with Gasteiger partial charge in [0.1, 0.15) is 17.4 Å². The first kappa shape index (κ1) is 24.6. The molecule has 0 unspecified atom stereocenters. The van der Waals surface area contributed by atoms with Crippen LogP contribution in [0.2, 0.25) is 5.15 Å². The zero-order valence-electron chi connectivity index (χ0n) is 19.1. The molecule has 188 valence electrons. The predicted molar refractivity (Wildman–Crippen MR) is 131 cm³/mol. The Morgan fingerprint density at radius 1 is 1.33 bits per heavy atom. The molecule has 4 heterocycles. The largest absolute Gasteiger partial charge is 0.452 e. The molecule has 0 spiro atoms. The van der Waals surface area contributed by atoms with Gasteiger partial charge in [0, 0.05) is 31.7 Å². The zero-order valence-corrected chi connectivity index (χ0v) is 20.7. The number of halogens is 2. The number of nitro benzene ring substituents is 1. The fraction of sp³-hybridized carbons (Fsp3) is 0.391. The van der Waals surface area contributed by atoms with Gasteiger partial charge in [-0.05, 0) is 24.3 Å².